The van der Waals surface area contributed by atoms with Crippen LogP contribution in [-0.2, 0) is 4.79 Å². The Morgan fingerprint density at radius 3 is 2.36 bits per heavy atom. The second kappa shape index (κ2) is 6.17. The van der Waals surface area contributed by atoms with Crippen molar-refractivity contribution in [3.05, 3.63) is 11.9 Å². The van der Waals surface area contributed by atoms with Crippen molar-refractivity contribution in [2.75, 3.05) is 27.3 Å². The molecule has 0 saturated carbocycles. The molecule has 1 fully saturated rings. The van der Waals surface area contributed by atoms with Crippen molar-refractivity contribution in [3.8, 4) is 11.8 Å². The lowest BCUT2D eigenvalue weighted by Crippen LogP contribution is -2.48. The first-order valence-electron chi connectivity index (χ1n) is 6.88. The normalized spacial score (nSPS) is 21.3. The van der Waals surface area contributed by atoms with Crippen LogP contribution in [0.15, 0.2) is 6.33 Å². The summed E-state index contributed by atoms with van der Waals surface area (Å²) < 4.78 is 10.2. The predicted octanol–water partition coefficient (Wildman–Crippen LogP) is 0.821. The van der Waals surface area contributed by atoms with E-state index in [1.54, 1.807) is 6.92 Å². The number of amides is 1. The lowest BCUT2D eigenvalue weighted by Gasteiger charge is -2.37. The fourth-order valence-corrected chi connectivity index (χ4v) is 2.59. The molecule has 0 radical (unpaired) electrons. The van der Waals surface area contributed by atoms with Crippen LogP contribution in [0.1, 0.15) is 30.1 Å². The van der Waals surface area contributed by atoms with Crippen LogP contribution in [0.4, 0.5) is 0 Å². The van der Waals surface area contributed by atoms with Crippen LogP contribution in [0.3, 0.4) is 0 Å². The summed E-state index contributed by atoms with van der Waals surface area (Å²) in [6, 6.07) is 0. The van der Waals surface area contributed by atoms with E-state index >= 15 is 0 Å². The quantitative estimate of drug-likeness (QED) is 0.878. The summed E-state index contributed by atoms with van der Waals surface area (Å²) in [5.41, 5.74) is -0.841. The number of rotatable bonds is 4. The number of aromatic nitrogens is 2. The van der Waals surface area contributed by atoms with Crippen LogP contribution in [0, 0.1) is 5.41 Å². The number of carbonyl (C=O) groups excluding carboxylic acids is 1. The van der Waals surface area contributed by atoms with Crippen LogP contribution >= 0.6 is 0 Å². The number of aliphatic carboxylic acids is 1. The van der Waals surface area contributed by atoms with E-state index in [-0.39, 0.29) is 29.8 Å². The summed E-state index contributed by atoms with van der Waals surface area (Å²) in [6.45, 7) is 2.25. The molecule has 0 spiro atoms. The molecule has 1 N–H and O–H groups in total. The Morgan fingerprint density at radius 2 is 1.86 bits per heavy atom. The van der Waals surface area contributed by atoms with Gasteiger partial charge in [0, 0.05) is 13.1 Å². The standard InChI is InChI=1S/C14H19N3O5/c1-14(13(19)20)5-4-6-17(7-14)12(18)9-10(21-2)15-8-16-11(9)22-3/h8H,4-7H2,1-3H3,(H,19,20). The van der Waals surface area contributed by atoms with E-state index in [2.05, 4.69) is 9.97 Å². The molecule has 1 aliphatic heterocycles. The molecule has 0 aromatic carbocycles. The minimum atomic E-state index is -0.954. The maximum atomic E-state index is 12.8. The third-order valence-corrected chi connectivity index (χ3v) is 3.88. The molecule has 0 aliphatic carbocycles. The topological polar surface area (TPSA) is 102 Å². The lowest BCUT2D eigenvalue weighted by atomic mass is 9.82. The highest BCUT2D eigenvalue weighted by Crippen LogP contribution is 2.32. The Bertz CT molecular complexity index is 570. The Morgan fingerprint density at radius 1 is 1.27 bits per heavy atom. The van der Waals surface area contributed by atoms with Crippen LogP contribution in [0.5, 0.6) is 11.8 Å². The van der Waals surface area contributed by atoms with Crippen molar-refractivity contribution in [2.45, 2.75) is 19.8 Å². The largest absolute Gasteiger partial charge is 0.481 e. The van der Waals surface area contributed by atoms with Crippen molar-refractivity contribution in [3.63, 3.8) is 0 Å². The molecule has 8 heteroatoms. The molecule has 1 aliphatic rings. The second-order valence-corrected chi connectivity index (χ2v) is 5.46. The van der Waals surface area contributed by atoms with Gasteiger partial charge in [0.1, 0.15) is 6.33 Å². The number of carboxylic acid groups (broad SMARTS) is 1. The summed E-state index contributed by atoms with van der Waals surface area (Å²) in [6.07, 6.45) is 2.39. The first kappa shape index (κ1) is 16.0. The maximum absolute atomic E-state index is 12.8. The van der Waals surface area contributed by atoms with Gasteiger partial charge in [0.2, 0.25) is 11.8 Å². The minimum absolute atomic E-state index is 0.111. The molecule has 8 nitrogen and oxygen atoms in total. The van der Waals surface area contributed by atoms with Crippen molar-refractivity contribution >= 4 is 11.9 Å². The smallest absolute Gasteiger partial charge is 0.311 e. The summed E-state index contributed by atoms with van der Waals surface area (Å²) in [4.78, 5) is 33.5. The number of nitrogens with zero attached hydrogens (tertiary/aromatic N) is 3. The first-order valence-corrected chi connectivity index (χ1v) is 6.88. The molecule has 1 unspecified atom stereocenters. The number of ether oxygens (including phenoxy) is 2. The van der Waals surface area contributed by atoms with Gasteiger partial charge in [-0.2, -0.15) is 0 Å². The van der Waals surface area contributed by atoms with Crippen molar-refractivity contribution < 1.29 is 24.2 Å². The minimum Gasteiger partial charge on any atom is -0.481 e. The average Bonchev–Trinajstić information content (AvgIpc) is 2.53. The van der Waals surface area contributed by atoms with Crippen LogP contribution in [0.25, 0.3) is 0 Å². The number of piperidine rings is 1. The fourth-order valence-electron chi connectivity index (χ4n) is 2.59. The maximum Gasteiger partial charge on any atom is 0.311 e. The zero-order valence-corrected chi connectivity index (χ0v) is 12.8. The van der Waals surface area contributed by atoms with E-state index in [0.717, 1.165) is 0 Å². The molecule has 1 amide bonds. The molecule has 0 bridgehead atoms. The van der Waals surface area contributed by atoms with Gasteiger partial charge in [-0.3, -0.25) is 9.59 Å². The van der Waals surface area contributed by atoms with Gasteiger partial charge in [0.05, 0.1) is 19.6 Å². The van der Waals surface area contributed by atoms with E-state index < -0.39 is 11.4 Å². The SMILES string of the molecule is COc1ncnc(OC)c1C(=O)N1CCCC(C)(C(=O)O)C1. The molecule has 1 saturated heterocycles. The Hall–Kier alpha value is -2.38. The zero-order chi connectivity index (χ0) is 16.3. The van der Waals surface area contributed by atoms with Crippen molar-refractivity contribution in [2.24, 2.45) is 5.41 Å². The second-order valence-electron chi connectivity index (χ2n) is 5.46. The molecule has 1 aromatic rings. The number of methoxy groups -OCH3 is 2. The summed E-state index contributed by atoms with van der Waals surface area (Å²) in [5, 5.41) is 9.36. The van der Waals surface area contributed by atoms with E-state index in [0.29, 0.717) is 19.4 Å². The third kappa shape index (κ3) is 2.81. The molecule has 22 heavy (non-hydrogen) atoms. The van der Waals surface area contributed by atoms with Gasteiger partial charge in [0.15, 0.2) is 5.56 Å². The molecular formula is C14H19N3O5. The van der Waals surface area contributed by atoms with Crippen LogP contribution < -0.4 is 9.47 Å². The Labute approximate surface area is 128 Å². The van der Waals surface area contributed by atoms with Gasteiger partial charge in [0.25, 0.3) is 5.91 Å². The fraction of sp³-hybridized carbons (Fsp3) is 0.571. The lowest BCUT2D eigenvalue weighted by molar-refractivity contribution is -0.150. The summed E-state index contributed by atoms with van der Waals surface area (Å²) >= 11 is 0. The highest BCUT2D eigenvalue weighted by Gasteiger charge is 2.40. The van der Waals surface area contributed by atoms with Gasteiger partial charge in [-0.25, -0.2) is 9.97 Å². The summed E-state index contributed by atoms with van der Waals surface area (Å²) in [5.74, 6) is -1.08. The monoisotopic (exact) mass is 309 g/mol. The summed E-state index contributed by atoms with van der Waals surface area (Å²) in [7, 11) is 2.80. The number of carbonyl (C=O) groups is 2. The van der Waals surface area contributed by atoms with Crippen LogP contribution in [0.2, 0.25) is 0 Å². The molecule has 1 aromatic heterocycles. The average molecular weight is 309 g/mol. The number of carboxylic acids is 1. The number of likely N-dealkylation sites (tertiary alicyclic amines) is 1. The van der Waals surface area contributed by atoms with Gasteiger partial charge >= 0.3 is 5.97 Å². The van der Waals surface area contributed by atoms with Crippen molar-refractivity contribution in [1.29, 1.82) is 0 Å². The van der Waals surface area contributed by atoms with Gasteiger partial charge in [-0.1, -0.05) is 0 Å². The highest BCUT2D eigenvalue weighted by molar-refractivity contribution is 5.99. The van der Waals surface area contributed by atoms with Gasteiger partial charge in [-0.15, -0.1) is 0 Å². The number of hydrogen-bond donors (Lipinski definition) is 1. The molecule has 120 valence electrons. The van der Waals surface area contributed by atoms with E-state index in [4.69, 9.17) is 9.47 Å². The van der Waals surface area contributed by atoms with Gasteiger partial charge in [-0.05, 0) is 19.8 Å². The first-order chi connectivity index (χ1) is 10.4. The molecule has 2 heterocycles. The highest BCUT2D eigenvalue weighted by atomic mass is 16.5. The molecule has 1 atom stereocenters. The molecular weight excluding hydrogens is 290 g/mol. The van der Waals surface area contributed by atoms with E-state index in [1.807, 2.05) is 0 Å². The number of hydrogen-bond acceptors (Lipinski definition) is 6. The van der Waals surface area contributed by atoms with E-state index in [1.165, 1.54) is 25.4 Å². The molecule has 2 rings (SSSR count). The predicted molar refractivity (Wildman–Crippen MR) is 76.0 cm³/mol. The van der Waals surface area contributed by atoms with Gasteiger partial charge < -0.3 is 19.5 Å². The zero-order valence-electron chi connectivity index (χ0n) is 12.8. The van der Waals surface area contributed by atoms with E-state index in [9.17, 15) is 14.7 Å². The van der Waals surface area contributed by atoms with Crippen molar-refractivity contribution in [1.82, 2.24) is 14.9 Å². The Kier molecular flexibility index (Phi) is 4.48. The van der Waals surface area contributed by atoms with Crippen LogP contribution in [-0.4, -0.2) is 59.2 Å². The Balaban J connectivity index is 2.34. The third-order valence-electron chi connectivity index (χ3n) is 3.88.